The lowest BCUT2D eigenvalue weighted by Gasteiger charge is -2.29. The highest BCUT2D eigenvalue weighted by Crippen LogP contribution is 2.26. The van der Waals surface area contributed by atoms with E-state index in [2.05, 4.69) is 36.1 Å². The molecule has 23 heavy (non-hydrogen) atoms. The molecule has 3 rings (SSSR count). The number of likely N-dealkylation sites (N-methyl/N-ethyl adjacent to an activating group) is 1. The Morgan fingerprint density at radius 3 is 2.35 bits per heavy atom. The quantitative estimate of drug-likeness (QED) is 0.788. The molecule has 3 heteroatoms. The van der Waals surface area contributed by atoms with Gasteiger partial charge in [-0.15, -0.1) is 0 Å². The van der Waals surface area contributed by atoms with Gasteiger partial charge in [-0.2, -0.15) is 0 Å². The van der Waals surface area contributed by atoms with Gasteiger partial charge in [-0.25, -0.2) is 4.79 Å². The first-order valence-electron chi connectivity index (χ1n) is 8.00. The van der Waals surface area contributed by atoms with E-state index in [1.165, 1.54) is 11.1 Å². The molecule has 0 N–H and O–H groups in total. The smallest absolute Gasteiger partial charge is 0.354 e. The molecule has 1 atom stereocenters. The van der Waals surface area contributed by atoms with Crippen molar-refractivity contribution in [2.75, 3.05) is 13.2 Å². The first-order valence-corrected chi connectivity index (χ1v) is 8.00. The third kappa shape index (κ3) is 3.62. The predicted molar refractivity (Wildman–Crippen MR) is 90.8 cm³/mol. The van der Waals surface area contributed by atoms with E-state index in [-0.39, 0.29) is 11.9 Å². The number of nitrogens with zero attached hydrogens (tertiary/aromatic N) is 1. The number of carbonyl (C=O) groups excluding carboxylic acids is 1. The molecule has 3 nitrogen and oxygen atoms in total. The molecule has 0 fully saturated rings. The molecule has 0 saturated heterocycles. The summed E-state index contributed by atoms with van der Waals surface area (Å²) in [6, 6.07) is 20.4. The highest BCUT2D eigenvalue weighted by atomic mass is 16.5. The maximum Gasteiger partial charge on any atom is 0.354 e. The second-order valence-electron chi connectivity index (χ2n) is 5.67. The normalized spacial score (nSPS) is 17.3. The Balaban J connectivity index is 1.85. The molecule has 2 aromatic rings. The topological polar surface area (TPSA) is 29.5 Å². The van der Waals surface area contributed by atoms with Gasteiger partial charge in [0, 0.05) is 19.0 Å². The zero-order chi connectivity index (χ0) is 16.1. The van der Waals surface area contributed by atoms with Crippen LogP contribution in [0.2, 0.25) is 0 Å². The van der Waals surface area contributed by atoms with E-state index in [1.807, 2.05) is 42.5 Å². The molecule has 118 valence electrons. The summed E-state index contributed by atoms with van der Waals surface area (Å²) in [7, 11) is 0. The van der Waals surface area contributed by atoms with Gasteiger partial charge in [0.15, 0.2) is 0 Å². The zero-order valence-electron chi connectivity index (χ0n) is 13.3. The highest BCUT2D eigenvalue weighted by molar-refractivity contribution is 5.88. The van der Waals surface area contributed by atoms with E-state index < -0.39 is 0 Å². The summed E-state index contributed by atoms with van der Waals surface area (Å²) in [4.78, 5) is 14.3. The Morgan fingerprint density at radius 1 is 1.04 bits per heavy atom. The summed E-state index contributed by atoms with van der Waals surface area (Å²) in [5.74, 6) is -0.108. The van der Waals surface area contributed by atoms with Crippen molar-refractivity contribution < 1.29 is 9.53 Å². The summed E-state index contributed by atoms with van der Waals surface area (Å²) in [5, 5.41) is 0. The Kier molecular flexibility index (Phi) is 4.77. The Bertz CT molecular complexity index is 679. The number of hydrogen-bond donors (Lipinski definition) is 0. The van der Waals surface area contributed by atoms with Crippen molar-refractivity contribution in [1.29, 1.82) is 0 Å². The minimum absolute atomic E-state index is 0.119. The van der Waals surface area contributed by atoms with Crippen molar-refractivity contribution in [3.63, 3.8) is 0 Å². The van der Waals surface area contributed by atoms with Crippen molar-refractivity contribution in [3.05, 3.63) is 83.6 Å². The third-order valence-corrected chi connectivity index (χ3v) is 4.13. The van der Waals surface area contributed by atoms with Crippen molar-refractivity contribution >= 4 is 5.97 Å². The lowest BCUT2D eigenvalue weighted by atomic mass is 9.97. The second kappa shape index (κ2) is 7.14. The van der Waals surface area contributed by atoms with Crippen LogP contribution in [-0.2, 0) is 16.1 Å². The number of cyclic esters (lactones) is 1. The number of carbonyl (C=O) groups is 1. The number of hydrogen-bond acceptors (Lipinski definition) is 3. The monoisotopic (exact) mass is 307 g/mol. The van der Waals surface area contributed by atoms with Crippen molar-refractivity contribution in [2.24, 2.45) is 0 Å². The maximum absolute atomic E-state index is 12.2. The molecule has 0 saturated carbocycles. The van der Waals surface area contributed by atoms with Crippen LogP contribution >= 0.6 is 0 Å². The van der Waals surface area contributed by atoms with Crippen LogP contribution in [0.5, 0.6) is 0 Å². The Hall–Kier alpha value is -2.55. The number of rotatable bonds is 5. The van der Waals surface area contributed by atoms with Gasteiger partial charge in [0.2, 0.25) is 0 Å². The molecule has 1 heterocycles. The molecule has 0 spiro atoms. The average molecular weight is 307 g/mol. The van der Waals surface area contributed by atoms with Gasteiger partial charge in [0.05, 0.1) is 0 Å². The van der Waals surface area contributed by atoms with E-state index >= 15 is 0 Å². The summed E-state index contributed by atoms with van der Waals surface area (Å²) in [5.41, 5.74) is 3.02. The number of esters is 1. The van der Waals surface area contributed by atoms with E-state index in [4.69, 9.17) is 4.74 Å². The summed E-state index contributed by atoms with van der Waals surface area (Å²) >= 11 is 0. The number of ether oxygens (including phenoxy) is 1. The molecular weight excluding hydrogens is 286 g/mol. The third-order valence-electron chi connectivity index (χ3n) is 4.13. The fraction of sp³-hybridized carbons (Fsp3) is 0.250. The van der Waals surface area contributed by atoms with Crippen LogP contribution in [0, 0.1) is 0 Å². The summed E-state index contributed by atoms with van der Waals surface area (Å²) in [6.45, 7) is 3.94. The standard InChI is InChI=1S/C20H21NO2/c1-2-21(14-16-9-5-3-6-10-16)19-13-18(15-23-20(19)22)17-11-7-4-8-12-17/h3-13,18H,2,14-15H2,1H3/t18-/m1/s1. The van der Waals surface area contributed by atoms with Gasteiger partial charge >= 0.3 is 5.97 Å². The summed E-state index contributed by atoms with van der Waals surface area (Å²) < 4.78 is 5.43. The highest BCUT2D eigenvalue weighted by Gasteiger charge is 2.26. The zero-order valence-corrected chi connectivity index (χ0v) is 13.3. The largest absolute Gasteiger partial charge is 0.460 e. The second-order valence-corrected chi connectivity index (χ2v) is 5.67. The van der Waals surface area contributed by atoms with E-state index in [0.717, 1.165) is 6.54 Å². The van der Waals surface area contributed by atoms with Crippen LogP contribution in [0.1, 0.15) is 24.0 Å². The summed E-state index contributed by atoms with van der Waals surface area (Å²) in [6.07, 6.45) is 2.05. The maximum atomic E-state index is 12.2. The molecule has 0 aliphatic carbocycles. The van der Waals surface area contributed by atoms with Gasteiger partial charge < -0.3 is 9.64 Å². The van der Waals surface area contributed by atoms with E-state index in [9.17, 15) is 4.79 Å². The minimum Gasteiger partial charge on any atom is -0.460 e. The molecule has 0 radical (unpaired) electrons. The fourth-order valence-corrected chi connectivity index (χ4v) is 2.84. The first kappa shape index (κ1) is 15.3. The van der Waals surface area contributed by atoms with Crippen LogP contribution in [-0.4, -0.2) is 24.0 Å². The van der Waals surface area contributed by atoms with E-state index in [1.54, 1.807) is 0 Å². The predicted octanol–water partition coefficient (Wildman–Crippen LogP) is 3.73. The molecule has 0 unspecified atom stereocenters. The minimum atomic E-state index is -0.227. The molecular formula is C20H21NO2. The van der Waals surface area contributed by atoms with Crippen LogP contribution in [0.3, 0.4) is 0 Å². The molecule has 1 aliphatic rings. The average Bonchev–Trinajstić information content (AvgIpc) is 2.62. The lowest BCUT2D eigenvalue weighted by molar-refractivity contribution is -0.142. The van der Waals surface area contributed by atoms with Crippen LogP contribution in [0.4, 0.5) is 0 Å². The van der Waals surface area contributed by atoms with Gasteiger partial charge in [0.25, 0.3) is 0 Å². The van der Waals surface area contributed by atoms with Crippen LogP contribution < -0.4 is 0 Å². The lowest BCUT2D eigenvalue weighted by Crippen LogP contribution is -2.32. The molecule has 0 bridgehead atoms. The Morgan fingerprint density at radius 2 is 1.70 bits per heavy atom. The molecule has 2 aromatic carbocycles. The van der Waals surface area contributed by atoms with Gasteiger partial charge in [0.1, 0.15) is 12.3 Å². The van der Waals surface area contributed by atoms with Crippen LogP contribution in [0.25, 0.3) is 0 Å². The van der Waals surface area contributed by atoms with Crippen molar-refractivity contribution in [2.45, 2.75) is 19.4 Å². The SMILES string of the molecule is CCN(Cc1ccccc1)C1=C[C@@H](c2ccccc2)COC1=O. The van der Waals surface area contributed by atoms with Crippen LogP contribution in [0.15, 0.2) is 72.4 Å². The number of benzene rings is 2. The molecule has 1 aliphatic heterocycles. The van der Waals surface area contributed by atoms with Crippen molar-refractivity contribution in [1.82, 2.24) is 4.90 Å². The van der Waals surface area contributed by atoms with E-state index in [0.29, 0.717) is 18.8 Å². The van der Waals surface area contributed by atoms with Gasteiger partial charge in [-0.05, 0) is 24.1 Å². The molecule has 0 aromatic heterocycles. The van der Waals surface area contributed by atoms with Gasteiger partial charge in [-0.1, -0.05) is 60.7 Å². The molecule has 0 amide bonds. The van der Waals surface area contributed by atoms with Gasteiger partial charge in [-0.3, -0.25) is 0 Å². The fourth-order valence-electron chi connectivity index (χ4n) is 2.84. The first-order chi connectivity index (χ1) is 11.3. The van der Waals surface area contributed by atoms with Crippen molar-refractivity contribution in [3.8, 4) is 0 Å². The Labute approximate surface area is 137 Å².